The van der Waals surface area contributed by atoms with Crippen LogP contribution in [0.2, 0.25) is 0 Å². The number of anilines is 1. The number of thiophene rings is 1. The van der Waals surface area contributed by atoms with Crippen LogP contribution in [-0.4, -0.2) is 60.7 Å². The maximum atomic E-state index is 12.0. The van der Waals surface area contributed by atoms with E-state index in [0.717, 1.165) is 35.7 Å². The van der Waals surface area contributed by atoms with Crippen molar-refractivity contribution in [1.82, 2.24) is 14.9 Å². The molecule has 0 bridgehead atoms. The van der Waals surface area contributed by atoms with Crippen LogP contribution in [0.5, 0.6) is 0 Å². The zero-order valence-corrected chi connectivity index (χ0v) is 13.3. The van der Waals surface area contributed by atoms with E-state index in [9.17, 15) is 4.79 Å². The van der Waals surface area contributed by atoms with E-state index in [-0.39, 0.29) is 11.3 Å². The molecule has 0 N–H and O–H groups in total. The van der Waals surface area contributed by atoms with Gasteiger partial charge >= 0.3 is 0 Å². The first-order chi connectivity index (χ1) is 10.7. The lowest BCUT2D eigenvalue weighted by Crippen LogP contribution is -2.40. The van der Waals surface area contributed by atoms with Crippen molar-refractivity contribution in [3.63, 3.8) is 0 Å². The monoisotopic (exact) mass is 318 g/mol. The second-order valence-electron chi connectivity index (χ2n) is 6.23. The quantitative estimate of drug-likeness (QED) is 0.795. The minimum Gasteiger partial charge on any atom is -0.379 e. The van der Waals surface area contributed by atoms with E-state index in [0.29, 0.717) is 19.6 Å². The van der Waals surface area contributed by atoms with E-state index >= 15 is 0 Å². The van der Waals surface area contributed by atoms with Crippen LogP contribution in [0.3, 0.4) is 0 Å². The third-order valence-electron chi connectivity index (χ3n) is 4.49. The molecule has 2 saturated heterocycles. The number of amides is 1. The number of aromatic nitrogens is 2. The van der Waals surface area contributed by atoms with Gasteiger partial charge in [-0.1, -0.05) is 0 Å². The maximum Gasteiger partial charge on any atom is 0.223 e. The lowest BCUT2D eigenvalue weighted by atomic mass is 9.87. The molecule has 2 aliphatic heterocycles. The van der Waals surface area contributed by atoms with Gasteiger partial charge in [0, 0.05) is 38.5 Å². The van der Waals surface area contributed by atoms with Gasteiger partial charge in [-0.25, -0.2) is 9.97 Å². The van der Waals surface area contributed by atoms with E-state index in [2.05, 4.69) is 14.9 Å². The Kier molecular flexibility index (Phi) is 3.27. The molecule has 1 atom stereocenters. The third kappa shape index (κ3) is 2.24. The van der Waals surface area contributed by atoms with Crippen LogP contribution in [0, 0.1) is 5.41 Å². The van der Waals surface area contributed by atoms with Crippen LogP contribution in [-0.2, 0) is 9.53 Å². The standard InChI is InChI=1S/C15H18N4O2S/c1-18-7-15(6-12(18)20)8-19(3-4-21-9-15)14-13-11(2-5-22-13)16-10-17-14/h2,5,10H,3-4,6-9H2,1H3. The Balaban J connectivity index is 1.69. The van der Waals surface area contributed by atoms with Crippen LogP contribution in [0.25, 0.3) is 10.2 Å². The van der Waals surface area contributed by atoms with Gasteiger partial charge in [0.2, 0.25) is 5.91 Å². The van der Waals surface area contributed by atoms with Gasteiger partial charge in [0.15, 0.2) is 0 Å². The van der Waals surface area contributed by atoms with Gasteiger partial charge in [-0.15, -0.1) is 11.3 Å². The van der Waals surface area contributed by atoms with E-state index in [1.807, 2.05) is 23.4 Å². The molecule has 1 unspecified atom stereocenters. The number of carbonyl (C=O) groups is 1. The summed E-state index contributed by atoms with van der Waals surface area (Å²) in [6.45, 7) is 3.65. The summed E-state index contributed by atoms with van der Waals surface area (Å²) in [5.74, 6) is 1.17. The fourth-order valence-corrected chi connectivity index (χ4v) is 4.34. The molecule has 0 radical (unpaired) electrons. The second kappa shape index (κ2) is 5.17. The van der Waals surface area contributed by atoms with Crippen LogP contribution < -0.4 is 4.90 Å². The first kappa shape index (κ1) is 13.9. The molecule has 4 heterocycles. The highest BCUT2D eigenvalue weighted by atomic mass is 32.1. The van der Waals surface area contributed by atoms with Crippen molar-refractivity contribution in [3.05, 3.63) is 17.8 Å². The molecule has 0 aromatic carbocycles. The fourth-order valence-electron chi connectivity index (χ4n) is 3.48. The molecule has 0 saturated carbocycles. The molecule has 116 valence electrons. The summed E-state index contributed by atoms with van der Waals surface area (Å²) in [4.78, 5) is 24.9. The minimum absolute atomic E-state index is 0.128. The highest BCUT2D eigenvalue weighted by Crippen LogP contribution is 2.36. The SMILES string of the molecule is CN1CC2(COCCN(c3ncnc4ccsc34)C2)CC1=O. The topological polar surface area (TPSA) is 58.6 Å². The van der Waals surface area contributed by atoms with Crippen LogP contribution in [0.1, 0.15) is 6.42 Å². The van der Waals surface area contributed by atoms with E-state index in [1.165, 1.54) is 0 Å². The van der Waals surface area contributed by atoms with Gasteiger partial charge in [0.05, 0.1) is 23.4 Å². The van der Waals surface area contributed by atoms with Gasteiger partial charge in [0.25, 0.3) is 0 Å². The Labute approximate surface area is 132 Å². The minimum atomic E-state index is -0.128. The molecule has 4 rings (SSSR count). The highest BCUT2D eigenvalue weighted by Gasteiger charge is 2.44. The summed E-state index contributed by atoms with van der Waals surface area (Å²) in [7, 11) is 1.87. The Morgan fingerprint density at radius 3 is 3.09 bits per heavy atom. The Bertz CT molecular complexity index is 718. The lowest BCUT2D eigenvalue weighted by Gasteiger charge is -2.31. The number of hydrogen-bond donors (Lipinski definition) is 0. The predicted molar refractivity (Wildman–Crippen MR) is 85.1 cm³/mol. The van der Waals surface area contributed by atoms with Gasteiger partial charge in [-0.3, -0.25) is 4.79 Å². The zero-order valence-electron chi connectivity index (χ0n) is 12.5. The Morgan fingerprint density at radius 2 is 2.27 bits per heavy atom. The summed E-state index contributed by atoms with van der Waals surface area (Å²) in [5.41, 5.74) is 0.852. The molecule has 22 heavy (non-hydrogen) atoms. The molecule has 1 amide bonds. The number of fused-ring (bicyclic) bond motifs is 1. The highest BCUT2D eigenvalue weighted by molar-refractivity contribution is 7.17. The van der Waals surface area contributed by atoms with Gasteiger partial charge in [-0.05, 0) is 11.4 Å². The number of nitrogens with zero attached hydrogens (tertiary/aromatic N) is 4. The third-order valence-corrected chi connectivity index (χ3v) is 5.39. The fraction of sp³-hybridized carbons (Fsp3) is 0.533. The van der Waals surface area contributed by atoms with Crippen LogP contribution >= 0.6 is 11.3 Å². The summed E-state index contributed by atoms with van der Waals surface area (Å²) in [6.07, 6.45) is 2.17. The zero-order chi connectivity index (χ0) is 15.2. The van der Waals surface area contributed by atoms with Crippen molar-refractivity contribution in [3.8, 4) is 0 Å². The van der Waals surface area contributed by atoms with Crippen molar-refractivity contribution in [2.24, 2.45) is 5.41 Å². The largest absolute Gasteiger partial charge is 0.379 e. The molecule has 7 heteroatoms. The smallest absolute Gasteiger partial charge is 0.223 e. The molecule has 2 aliphatic rings. The van der Waals surface area contributed by atoms with Crippen molar-refractivity contribution in [1.29, 1.82) is 0 Å². The van der Waals surface area contributed by atoms with Gasteiger partial charge < -0.3 is 14.5 Å². The number of likely N-dealkylation sites (tertiary alicyclic amines) is 1. The molecule has 2 aromatic heterocycles. The molecular weight excluding hydrogens is 300 g/mol. The van der Waals surface area contributed by atoms with Gasteiger partial charge in [-0.2, -0.15) is 0 Å². The van der Waals surface area contributed by atoms with Crippen molar-refractivity contribution in [2.75, 3.05) is 44.8 Å². The first-order valence-electron chi connectivity index (χ1n) is 7.42. The summed E-state index contributed by atoms with van der Waals surface area (Å²) in [5, 5.41) is 2.04. The van der Waals surface area contributed by atoms with Crippen LogP contribution in [0.4, 0.5) is 5.82 Å². The number of ether oxygens (including phenoxy) is 1. The Morgan fingerprint density at radius 1 is 1.36 bits per heavy atom. The summed E-state index contributed by atoms with van der Waals surface area (Å²) >= 11 is 1.66. The predicted octanol–water partition coefficient (Wildman–Crippen LogP) is 1.38. The summed E-state index contributed by atoms with van der Waals surface area (Å²) < 4.78 is 6.92. The average molecular weight is 318 g/mol. The lowest BCUT2D eigenvalue weighted by molar-refractivity contribution is -0.126. The normalized spacial score (nSPS) is 26.1. The average Bonchev–Trinajstić information content (AvgIpc) is 3.01. The van der Waals surface area contributed by atoms with E-state index in [1.54, 1.807) is 17.7 Å². The first-order valence-corrected chi connectivity index (χ1v) is 8.30. The van der Waals surface area contributed by atoms with Crippen LogP contribution in [0.15, 0.2) is 17.8 Å². The van der Waals surface area contributed by atoms with Crippen molar-refractivity contribution in [2.45, 2.75) is 6.42 Å². The summed E-state index contributed by atoms with van der Waals surface area (Å²) in [6, 6.07) is 2.02. The number of rotatable bonds is 1. The molecule has 6 nitrogen and oxygen atoms in total. The molecule has 0 aliphatic carbocycles. The maximum absolute atomic E-state index is 12.0. The molecular formula is C15H18N4O2S. The molecule has 2 aromatic rings. The molecule has 1 spiro atoms. The van der Waals surface area contributed by atoms with E-state index in [4.69, 9.17) is 4.74 Å². The van der Waals surface area contributed by atoms with E-state index < -0.39 is 0 Å². The van der Waals surface area contributed by atoms with Crippen molar-refractivity contribution < 1.29 is 9.53 Å². The number of hydrogen-bond acceptors (Lipinski definition) is 6. The van der Waals surface area contributed by atoms with Crippen molar-refractivity contribution >= 4 is 33.3 Å². The van der Waals surface area contributed by atoms with Gasteiger partial charge in [0.1, 0.15) is 12.1 Å². The molecule has 2 fully saturated rings. The number of carbonyl (C=O) groups excluding carboxylic acids is 1. The Hall–Kier alpha value is -1.73. The second-order valence-corrected chi connectivity index (χ2v) is 7.15.